The van der Waals surface area contributed by atoms with E-state index in [1.165, 1.54) is 0 Å². The van der Waals surface area contributed by atoms with Crippen LogP contribution in [0.1, 0.15) is 19.0 Å². The molecule has 1 N–H and O–H groups in total. The molecule has 0 aliphatic heterocycles. The Morgan fingerprint density at radius 3 is 2.89 bits per heavy atom. The summed E-state index contributed by atoms with van der Waals surface area (Å²) in [6.45, 7) is 3.89. The molecule has 0 saturated carbocycles. The van der Waals surface area contributed by atoms with Gasteiger partial charge in [0.15, 0.2) is 5.82 Å². The first-order valence-corrected chi connectivity index (χ1v) is 6.74. The average molecular weight is 307 g/mol. The summed E-state index contributed by atoms with van der Waals surface area (Å²) in [6, 6.07) is 5.73. The lowest BCUT2D eigenvalue weighted by atomic mass is 10.3. The molecular weight excluding hydrogens is 292 g/mol. The summed E-state index contributed by atoms with van der Waals surface area (Å²) in [6.07, 6.45) is 4.63. The summed E-state index contributed by atoms with van der Waals surface area (Å²) >= 11 is 3.46. The summed E-state index contributed by atoms with van der Waals surface area (Å²) in [4.78, 5) is 13.1. The van der Waals surface area contributed by atoms with E-state index >= 15 is 0 Å². The first-order valence-electron chi connectivity index (χ1n) is 5.94. The molecule has 0 radical (unpaired) electrons. The van der Waals surface area contributed by atoms with Crippen LogP contribution in [-0.2, 0) is 6.54 Å². The fourth-order valence-corrected chi connectivity index (χ4v) is 1.98. The van der Waals surface area contributed by atoms with Crippen LogP contribution >= 0.6 is 15.9 Å². The highest BCUT2D eigenvalue weighted by atomic mass is 79.9. The third-order valence-corrected chi connectivity index (χ3v) is 3.06. The van der Waals surface area contributed by atoms with Crippen LogP contribution in [0.15, 0.2) is 35.1 Å². The predicted octanol–water partition coefficient (Wildman–Crippen LogP) is 2.80. The molecule has 18 heavy (non-hydrogen) atoms. The Labute approximate surface area is 115 Å². The fourth-order valence-electron chi connectivity index (χ4n) is 1.55. The molecule has 0 spiro atoms. The number of halogens is 1. The van der Waals surface area contributed by atoms with Gasteiger partial charge in [0, 0.05) is 23.4 Å². The van der Waals surface area contributed by atoms with Crippen LogP contribution in [0.2, 0.25) is 0 Å². The molecule has 0 bridgehead atoms. The Morgan fingerprint density at radius 2 is 2.11 bits per heavy atom. The topological polar surface area (TPSA) is 50.7 Å². The summed E-state index contributed by atoms with van der Waals surface area (Å²) < 4.78 is 0.906. The maximum Gasteiger partial charge on any atom is 0.179 e. The fraction of sp³-hybridized carbons (Fsp3) is 0.308. The SMILES string of the molecule is CCCNCc1ccnc(-c2ncccc2Br)n1. The average Bonchev–Trinajstić information content (AvgIpc) is 2.40. The van der Waals surface area contributed by atoms with Crippen molar-refractivity contribution in [1.82, 2.24) is 20.3 Å². The second kappa shape index (κ2) is 6.56. The van der Waals surface area contributed by atoms with Crippen LogP contribution in [-0.4, -0.2) is 21.5 Å². The molecule has 2 aromatic rings. The molecule has 0 unspecified atom stereocenters. The first-order chi connectivity index (χ1) is 8.81. The lowest BCUT2D eigenvalue weighted by Gasteiger charge is -2.05. The standard InChI is InChI=1S/C13H15BrN4/c1-2-6-15-9-10-5-8-17-13(18-10)12-11(14)4-3-7-16-12/h3-5,7-8,15H,2,6,9H2,1H3. The minimum Gasteiger partial charge on any atom is -0.311 e. The van der Waals surface area contributed by atoms with Crippen LogP contribution in [0.4, 0.5) is 0 Å². The number of nitrogens with one attached hydrogen (secondary N) is 1. The molecule has 0 saturated heterocycles. The van der Waals surface area contributed by atoms with Gasteiger partial charge in [0.05, 0.1) is 5.69 Å². The van der Waals surface area contributed by atoms with E-state index in [1.807, 2.05) is 18.2 Å². The zero-order valence-electron chi connectivity index (χ0n) is 10.2. The van der Waals surface area contributed by atoms with Crippen molar-refractivity contribution in [2.75, 3.05) is 6.54 Å². The molecule has 0 atom stereocenters. The van der Waals surface area contributed by atoms with Gasteiger partial charge in [-0.2, -0.15) is 0 Å². The van der Waals surface area contributed by atoms with Gasteiger partial charge in [-0.15, -0.1) is 0 Å². The lowest BCUT2D eigenvalue weighted by molar-refractivity contribution is 0.663. The highest BCUT2D eigenvalue weighted by Crippen LogP contribution is 2.22. The van der Waals surface area contributed by atoms with Gasteiger partial charge < -0.3 is 5.32 Å². The first kappa shape index (κ1) is 13.1. The quantitative estimate of drug-likeness (QED) is 0.863. The van der Waals surface area contributed by atoms with Crippen molar-refractivity contribution >= 4 is 15.9 Å². The normalized spacial score (nSPS) is 10.6. The Bertz CT molecular complexity index is 516. The van der Waals surface area contributed by atoms with Gasteiger partial charge in [-0.25, -0.2) is 9.97 Å². The molecule has 0 fully saturated rings. The van der Waals surface area contributed by atoms with Crippen LogP contribution in [0.5, 0.6) is 0 Å². The maximum atomic E-state index is 4.51. The van der Waals surface area contributed by atoms with E-state index in [9.17, 15) is 0 Å². The molecule has 2 aromatic heterocycles. The number of hydrogen-bond donors (Lipinski definition) is 1. The monoisotopic (exact) mass is 306 g/mol. The Morgan fingerprint density at radius 1 is 1.22 bits per heavy atom. The molecule has 2 rings (SSSR count). The van der Waals surface area contributed by atoms with Gasteiger partial charge in [-0.1, -0.05) is 6.92 Å². The van der Waals surface area contributed by atoms with Crippen molar-refractivity contribution in [2.24, 2.45) is 0 Å². The molecule has 5 heteroatoms. The van der Waals surface area contributed by atoms with Gasteiger partial charge in [0.25, 0.3) is 0 Å². The minimum absolute atomic E-state index is 0.651. The van der Waals surface area contributed by atoms with E-state index in [0.29, 0.717) is 5.82 Å². The van der Waals surface area contributed by atoms with Gasteiger partial charge in [-0.3, -0.25) is 4.98 Å². The van der Waals surface area contributed by atoms with Crippen LogP contribution in [0.25, 0.3) is 11.5 Å². The Balaban J connectivity index is 2.19. The van der Waals surface area contributed by atoms with Crippen molar-refractivity contribution in [3.05, 3.63) is 40.8 Å². The maximum absolute atomic E-state index is 4.51. The van der Waals surface area contributed by atoms with Crippen LogP contribution in [0, 0.1) is 0 Å². The summed E-state index contributed by atoms with van der Waals surface area (Å²) in [7, 11) is 0. The lowest BCUT2D eigenvalue weighted by Crippen LogP contribution is -2.15. The summed E-state index contributed by atoms with van der Waals surface area (Å²) in [5.74, 6) is 0.651. The van der Waals surface area contributed by atoms with Crippen LogP contribution in [0.3, 0.4) is 0 Å². The number of aromatic nitrogens is 3. The highest BCUT2D eigenvalue weighted by molar-refractivity contribution is 9.10. The molecule has 0 aliphatic carbocycles. The largest absolute Gasteiger partial charge is 0.311 e. The molecule has 0 aliphatic rings. The van der Waals surface area contributed by atoms with Crippen molar-refractivity contribution in [3.8, 4) is 11.5 Å². The van der Waals surface area contributed by atoms with E-state index < -0.39 is 0 Å². The van der Waals surface area contributed by atoms with Crippen molar-refractivity contribution < 1.29 is 0 Å². The zero-order valence-corrected chi connectivity index (χ0v) is 11.8. The van der Waals surface area contributed by atoms with E-state index in [1.54, 1.807) is 12.4 Å². The summed E-state index contributed by atoms with van der Waals surface area (Å²) in [5.41, 5.74) is 1.75. The van der Waals surface area contributed by atoms with E-state index in [0.717, 1.165) is 35.4 Å². The third kappa shape index (κ3) is 3.34. The van der Waals surface area contributed by atoms with Gasteiger partial charge in [0.2, 0.25) is 0 Å². The molecule has 94 valence electrons. The second-order valence-electron chi connectivity index (χ2n) is 3.88. The molecule has 4 nitrogen and oxygen atoms in total. The van der Waals surface area contributed by atoms with E-state index in [2.05, 4.69) is 43.1 Å². The molecule has 2 heterocycles. The second-order valence-corrected chi connectivity index (χ2v) is 4.74. The highest BCUT2D eigenvalue weighted by Gasteiger charge is 2.07. The van der Waals surface area contributed by atoms with E-state index in [4.69, 9.17) is 0 Å². The molecular formula is C13H15BrN4. The minimum atomic E-state index is 0.651. The number of hydrogen-bond acceptors (Lipinski definition) is 4. The van der Waals surface area contributed by atoms with E-state index in [-0.39, 0.29) is 0 Å². The summed E-state index contributed by atoms with van der Waals surface area (Å²) in [5, 5.41) is 3.32. The van der Waals surface area contributed by atoms with Gasteiger partial charge in [-0.05, 0) is 47.1 Å². The smallest absolute Gasteiger partial charge is 0.179 e. The zero-order chi connectivity index (χ0) is 12.8. The number of rotatable bonds is 5. The predicted molar refractivity (Wildman–Crippen MR) is 75.0 cm³/mol. The third-order valence-electron chi connectivity index (χ3n) is 2.42. The Hall–Kier alpha value is -1.33. The van der Waals surface area contributed by atoms with Gasteiger partial charge in [0.1, 0.15) is 5.69 Å². The number of nitrogens with zero attached hydrogens (tertiary/aromatic N) is 3. The van der Waals surface area contributed by atoms with Crippen molar-refractivity contribution in [2.45, 2.75) is 19.9 Å². The molecule has 0 aromatic carbocycles. The van der Waals surface area contributed by atoms with Crippen molar-refractivity contribution in [3.63, 3.8) is 0 Å². The van der Waals surface area contributed by atoms with Gasteiger partial charge >= 0.3 is 0 Å². The molecule has 0 amide bonds. The van der Waals surface area contributed by atoms with Crippen molar-refractivity contribution in [1.29, 1.82) is 0 Å². The van der Waals surface area contributed by atoms with Crippen LogP contribution < -0.4 is 5.32 Å². The number of pyridine rings is 1. The Kier molecular flexibility index (Phi) is 4.78.